The van der Waals surface area contributed by atoms with Crippen LogP contribution < -0.4 is 11.3 Å². The molecule has 112 valence electrons. The van der Waals surface area contributed by atoms with Gasteiger partial charge in [-0.15, -0.1) is 0 Å². The first-order chi connectivity index (χ1) is 9.46. The van der Waals surface area contributed by atoms with Crippen molar-refractivity contribution in [3.63, 3.8) is 0 Å². The molecule has 0 aliphatic carbocycles. The first-order valence-electron chi connectivity index (χ1n) is 6.55. The molecule has 8 heteroatoms. The van der Waals surface area contributed by atoms with E-state index in [1.165, 1.54) is 10.5 Å². The summed E-state index contributed by atoms with van der Waals surface area (Å²) < 4.78 is 26.5. The quantitative estimate of drug-likeness (QED) is 0.591. The molecule has 1 fully saturated rings. The zero-order chi connectivity index (χ0) is 14.8. The number of sulfonamides is 1. The number of nitrogen functional groups attached to an aromatic ring is 1. The molecule has 0 saturated carbocycles. The number of nitrogens with zero attached hydrogens (tertiary/aromatic N) is 3. The van der Waals surface area contributed by atoms with Gasteiger partial charge in [0.15, 0.2) is 5.03 Å². The van der Waals surface area contributed by atoms with Crippen LogP contribution in [0.2, 0.25) is 0 Å². The van der Waals surface area contributed by atoms with Crippen molar-refractivity contribution < 1.29 is 8.42 Å². The number of nitrogens with one attached hydrogen (secondary N) is 1. The highest BCUT2D eigenvalue weighted by Gasteiger charge is 2.30. The van der Waals surface area contributed by atoms with Crippen LogP contribution in [-0.4, -0.2) is 55.8 Å². The van der Waals surface area contributed by atoms with Crippen molar-refractivity contribution in [2.24, 2.45) is 5.84 Å². The van der Waals surface area contributed by atoms with Gasteiger partial charge < -0.3 is 10.3 Å². The van der Waals surface area contributed by atoms with E-state index in [4.69, 9.17) is 5.84 Å². The molecule has 0 radical (unpaired) electrons. The number of hydrogen-bond donors (Lipinski definition) is 2. The zero-order valence-corrected chi connectivity index (χ0v) is 12.6. The molecular weight excluding hydrogens is 278 g/mol. The second kappa shape index (κ2) is 6.04. The zero-order valence-electron chi connectivity index (χ0n) is 11.8. The van der Waals surface area contributed by atoms with Crippen molar-refractivity contribution in [2.45, 2.75) is 23.9 Å². The molecule has 1 aliphatic heterocycles. The largest absolute Gasteiger partial charge is 0.321 e. The summed E-state index contributed by atoms with van der Waals surface area (Å²) in [6, 6.07) is 3.49. The Hall–Kier alpha value is -1.22. The molecule has 0 aromatic carbocycles. The first-order valence-corrected chi connectivity index (χ1v) is 7.99. The Morgan fingerprint density at radius 3 is 2.95 bits per heavy atom. The Balaban J connectivity index is 2.21. The van der Waals surface area contributed by atoms with E-state index >= 15 is 0 Å². The average molecular weight is 299 g/mol. The second-order valence-electron chi connectivity index (χ2n) is 5.06. The van der Waals surface area contributed by atoms with E-state index in [0.29, 0.717) is 12.2 Å². The number of hydrogen-bond acceptors (Lipinski definition) is 6. The maximum atomic E-state index is 12.6. The molecule has 2 rings (SSSR count). The predicted octanol–water partition coefficient (Wildman–Crippen LogP) is 0.0819. The molecule has 0 bridgehead atoms. The van der Waals surface area contributed by atoms with Crippen LogP contribution >= 0.6 is 0 Å². The normalized spacial score (nSPS) is 20.5. The van der Waals surface area contributed by atoms with Crippen LogP contribution in [-0.2, 0) is 10.0 Å². The van der Waals surface area contributed by atoms with E-state index in [1.54, 1.807) is 19.2 Å². The van der Waals surface area contributed by atoms with Gasteiger partial charge in [-0.1, -0.05) is 0 Å². The van der Waals surface area contributed by atoms with Gasteiger partial charge in [-0.25, -0.2) is 13.4 Å². The Kier molecular flexibility index (Phi) is 4.59. The highest BCUT2D eigenvalue weighted by atomic mass is 32.2. The molecule has 2 heterocycles. The van der Waals surface area contributed by atoms with Gasteiger partial charge in [0.25, 0.3) is 10.0 Å². The van der Waals surface area contributed by atoms with Gasteiger partial charge in [0.05, 0.1) is 5.69 Å². The van der Waals surface area contributed by atoms with Gasteiger partial charge in [-0.3, -0.25) is 5.84 Å². The van der Waals surface area contributed by atoms with E-state index in [1.807, 2.05) is 7.05 Å². The third-order valence-corrected chi connectivity index (χ3v) is 5.50. The van der Waals surface area contributed by atoms with Crippen molar-refractivity contribution in [1.82, 2.24) is 14.2 Å². The summed E-state index contributed by atoms with van der Waals surface area (Å²) in [6.07, 6.45) is 3.57. The summed E-state index contributed by atoms with van der Waals surface area (Å²) in [7, 11) is -0.0401. The predicted molar refractivity (Wildman–Crippen MR) is 77.5 cm³/mol. The Morgan fingerprint density at radius 1 is 1.60 bits per heavy atom. The van der Waals surface area contributed by atoms with Crippen molar-refractivity contribution in [1.29, 1.82) is 0 Å². The summed E-state index contributed by atoms with van der Waals surface area (Å²) in [5, 5.41) is -0.0364. The van der Waals surface area contributed by atoms with E-state index < -0.39 is 10.0 Å². The minimum absolute atomic E-state index is 0.0364. The van der Waals surface area contributed by atoms with Gasteiger partial charge in [0.2, 0.25) is 0 Å². The Labute approximate surface area is 119 Å². The lowest BCUT2D eigenvalue weighted by molar-refractivity contribution is 0.271. The first kappa shape index (κ1) is 15.2. The third kappa shape index (κ3) is 2.93. The number of aromatic nitrogens is 1. The lowest BCUT2D eigenvalue weighted by atomic mass is 10.2. The van der Waals surface area contributed by atoms with Crippen molar-refractivity contribution in [2.75, 3.05) is 32.6 Å². The Bertz CT molecular complexity index is 563. The molecule has 20 heavy (non-hydrogen) atoms. The summed E-state index contributed by atoms with van der Waals surface area (Å²) in [5.41, 5.74) is 2.68. The number of rotatable bonds is 5. The molecule has 1 atom stereocenters. The van der Waals surface area contributed by atoms with Crippen LogP contribution in [0, 0.1) is 0 Å². The lowest BCUT2D eigenvalue weighted by Gasteiger charge is -2.25. The topological polar surface area (TPSA) is 91.6 Å². The molecule has 1 saturated heterocycles. The molecule has 0 spiro atoms. The molecule has 3 N–H and O–H groups in total. The van der Waals surface area contributed by atoms with Gasteiger partial charge in [-0.05, 0) is 38.6 Å². The number of hydrazine groups is 1. The molecule has 1 aliphatic rings. The van der Waals surface area contributed by atoms with Crippen LogP contribution in [0.3, 0.4) is 0 Å². The minimum atomic E-state index is -3.64. The number of likely N-dealkylation sites (tertiary alicyclic amines) is 1. The van der Waals surface area contributed by atoms with E-state index in [9.17, 15) is 8.42 Å². The summed E-state index contributed by atoms with van der Waals surface area (Å²) in [5.74, 6) is 5.35. The van der Waals surface area contributed by atoms with Crippen LogP contribution in [0.1, 0.15) is 12.8 Å². The summed E-state index contributed by atoms with van der Waals surface area (Å²) in [6.45, 7) is 1.47. The lowest BCUT2D eigenvalue weighted by Crippen LogP contribution is -2.40. The molecule has 1 unspecified atom stereocenters. The van der Waals surface area contributed by atoms with Crippen LogP contribution in [0.5, 0.6) is 0 Å². The van der Waals surface area contributed by atoms with Crippen LogP contribution in [0.15, 0.2) is 23.4 Å². The number of likely N-dealkylation sites (N-methyl/N-ethyl adjacent to an activating group) is 2. The van der Waals surface area contributed by atoms with Crippen molar-refractivity contribution in [3.05, 3.63) is 18.3 Å². The Morgan fingerprint density at radius 2 is 2.35 bits per heavy atom. The fourth-order valence-electron chi connectivity index (χ4n) is 2.46. The van der Waals surface area contributed by atoms with E-state index in [2.05, 4.69) is 15.3 Å². The maximum Gasteiger partial charge on any atom is 0.262 e. The van der Waals surface area contributed by atoms with Gasteiger partial charge in [0.1, 0.15) is 0 Å². The highest BCUT2D eigenvalue weighted by Crippen LogP contribution is 2.22. The summed E-state index contributed by atoms with van der Waals surface area (Å²) in [4.78, 5) is 6.14. The molecular formula is C12H21N5O2S. The average Bonchev–Trinajstić information content (AvgIpc) is 2.84. The SMILES string of the molecule is CN1CCCC1CN(C)S(=O)(=O)c1ncccc1NN. The van der Waals surface area contributed by atoms with Crippen molar-refractivity contribution in [3.8, 4) is 0 Å². The van der Waals surface area contributed by atoms with E-state index in [-0.39, 0.29) is 11.1 Å². The fraction of sp³-hybridized carbons (Fsp3) is 0.583. The number of pyridine rings is 1. The van der Waals surface area contributed by atoms with Gasteiger partial charge in [-0.2, -0.15) is 4.31 Å². The number of anilines is 1. The highest BCUT2D eigenvalue weighted by molar-refractivity contribution is 7.89. The monoisotopic (exact) mass is 299 g/mol. The van der Waals surface area contributed by atoms with Gasteiger partial charge in [0, 0.05) is 25.8 Å². The van der Waals surface area contributed by atoms with Crippen molar-refractivity contribution >= 4 is 15.7 Å². The molecule has 1 aromatic heterocycles. The van der Waals surface area contributed by atoms with Gasteiger partial charge >= 0.3 is 0 Å². The minimum Gasteiger partial charge on any atom is -0.321 e. The molecule has 7 nitrogen and oxygen atoms in total. The smallest absolute Gasteiger partial charge is 0.262 e. The summed E-state index contributed by atoms with van der Waals surface area (Å²) >= 11 is 0. The fourth-order valence-corrected chi connectivity index (χ4v) is 3.72. The maximum absolute atomic E-state index is 12.6. The number of nitrogens with two attached hydrogens (primary N) is 1. The molecule has 0 amide bonds. The molecule has 1 aromatic rings. The second-order valence-corrected chi connectivity index (χ2v) is 7.02. The third-order valence-electron chi connectivity index (χ3n) is 3.72. The standard InChI is InChI=1S/C12H21N5O2S/c1-16-8-4-5-10(16)9-17(2)20(18,19)12-11(15-13)6-3-7-14-12/h3,6-7,10,15H,4-5,8-9,13H2,1-2H3. The van der Waals surface area contributed by atoms with E-state index in [0.717, 1.165) is 19.4 Å². The van der Waals surface area contributed by atoms with Crippen LogP contribution in [0.4, 0.5) is 5.69 Å². The van der Waals surface area contributed by atoms with Crippen LogP contribution in [0.25, 0.3) is 0 Å².